The molecule has 0 saturated carbocycles. The van der Waals surface area contributed by atoms with E-state index in [9.17, 15) is 0 Å². The fourth-order valence-electron chi connectivity index (χ4n) is 2.06. The fourth-order valence-corrected chi connectivity index (χ4v) is 2.36. The first kappa shape index (κ1) is 15.3. The lowest BCUT2D eigenvalue weighted by Crippen LogP contribution is -2.23. The molecular weight excluding hydrogens is 288 g/mol. The molecule has 0 radical (unpaired) electrons. The van der Waals surface area contributed by atoms with Crippen LogP contribution in [0.25, 0.3) is 0 Å². The molecule has 2 aromatic rings. The van der Waals surface area contributed by atoms with E-state index in [-0.39, 0.29) is 11.9 Å². The zero-order chi connectivity index (χ0) is 15.2. The Kier molecular flexibility index (Phi) is 5.14. The maximum atomic E-state index is 8.79. The lowest BCUT2D eigenvalue weighted by atomic mass is 10.1. The maximum absolute atomic E-state index is 8.79. The van der Waals surface area contributed by atoms with Crippen molar-refractivity contribution in [2.45, 2.75) is 19.5 Å². The van der Waals surface area contributed by atoms with Crippen LogP contribution in [0.4, 0.5) is 0 Å². The third-order valence-electron chi connectivity index (χ3n) is 3.21. The second kappa shape index (κ2) is 7.06. The van der Waals surface area contributed by atoms with Crippen molar-refractivity contribution in [3.8, 4) is 0 Å². The van der Waals surface area contributed by atoms with Crippen molar-refractivity contribution in [2.24, 2.45) is 10.9 Å². The topological polar surface area (TPSA) is 83.5 Å². The van der Waals surface area contributed by atoms with Crippen LogP contribution in [0.3, 0.4) is 0 Å². The van der Waals surface area contributed by atoms with E-state index in [0.29, 0.717) is 12.2 Å². The van der Waals surface area contributed by atoms with Gasteiger partial charge in [-0.2, -0.15) is 0 Å². The summed E-state index contributed by atoms with van der Waals surface area (Å²) >= 11 is 6.18. The van der Waals surface area contributed by atoms with Gasteiger partial charge in [0.2, 0.25) is 0 Å². The molecule has 0 aliphatic heterocycles. The monoisotopic (exact) mass is 304 g/mol. The number of nitrogens with two attached hydrogens (primary N) is 1. The van der Waals surface area contributed by atoms with Crippen LogP contribution in [0.15, 0.2) is 47.8 Å². The maximum Gasteiger partial charge on any atom is 0.189 e. The number of hydrogen-bond acceptors (Lipinski definition) is 4. The fraction of sp³-hybridized carbons (Fsp3) is 0.200. The SMILES string of the molecule is CC(NCc1cccnc1C(N)=NO)c1ccccc1Cl. The molecule has 5 nitrogen and oxygen atoms in total. The van der Waals surface area contributed by atoms with E-state index >= 15 is 0 Å². The predicted molar refractivity (Wildman–Crippen MR) is 83.5 cm³/mol. The van der Waals surface area contributed by atoms with E-state index in [1.165, 1.54) is 0 Å². The molecule has 21 heavy (non-hydrogen) atoms. The molecule has 1 aromatic heterocycles. The second-order valence-electron chi connectivity index (χ2n) is 4.62. The standard InChI is InChI=1S/C15H17ClN4O/c1-10(12-6-2-3-7-13(12)16)19-9-11-5-4-8-18-14(11)15(17)20-21/h2-8,10,19,21H,9H2,1H3,(H2,17,20). The van der Waals surface area contributed by atoms with Crippen molar-refractivity contribution < 1.29 is 5.21 Å². The van der Waals surface area contributed by atoms with Crippen LogP contribution >= 0.6 is 11.6 Å². The zero-order valence-electron chi connectivity index (χ0n) is 11.6. The number of nitrogens with zero attached hydrogens (tertiary/aromatic N) is 2. The highest BCUT2D eigenvalue weighted by Crippen LogP contribution is 2.22. The Morgan fingerprint density at radius 3 is 2.86 bits per heavy atom. The number of benzene rings is 1. The molecule has 1 aromatic carbocycles. The van der Waals surface area contributed by atoms with Gasteiger partial charge >= 0.3 is 0 Å². The van der Waals surface area contributed by atoms with E-state index < -0.39 is 0 Å². The summed E-state index contributed by atoms with van der Waals surface area (Å²) in [5.41, 5.74) is 7.97. The Labute approximate surface area is 128 Å². The van der Waals surface area contributed by atoms with Crippen molar-refractivity contribution in [2.75, 3.05) is 0 Å². The van der Waals surface area contributed by atoms with Crippen molar-refractivity contribution in [3.63, 3.8) is 0 Å². The number of rotatable bonds is 5. The highest BCUT2D eigenvalue weighted by molar-refractivity contribution is 6.31. The number of halogens is 1. The Morgan fingerprint density at radius 1 is 1.38 bits per heavy atom. The van der Waals surface area contributed by atoms with E-state index in [4.69, 9.17) is 22.5 Å². The number of hydrogen-bond donors (Lipinski definition) is 3. The van der Waals surface area contributed by atoms with Gasteiger partial charge in [0.1, 0.15) is 5.69 Å². The van der Waals surface area contributed by atoms with Crippen LogP contribution in [-0.2, 0) is 6.54 Å². The van der Waals surface area contributed by atoms with Gasteiger partial charge in [-0.1, -0.05) is 41.0 Å². The molecule has 4 N–H and O–H groups in total. The highest BCUT2D eigenvalue weighted by Gasteiger charge is 2.12. The van der Waals surface area contributed by atoms with Crippen LogP contribution < -0.4 is 11.1 Å². The predicted octanol–water partition coefficient (Wildman–Crippen LogP) is 2.68. The van der Waals surface area contributed by atoms with E-state index in [0.717, 1.165) is 16.1 Å². The van der Waals surface area contributed by atoms with Crippen LogP contribution in [0.5, 0.6) is 0 Å². The minimum atomic E-state index is -0.00204. The molecule has 0 saturated heterocycles. The van der Waals surface area contributed by atoms with Crippen LogP contribution in [-0.4, -0.2) is 16.0 Å². The van der Waals surface area contributed by atoms with Crippen molar-refractivity contribution in [1.29, 1.82) is 0 Å². The molecule has 6 heteroatoms. The van der Waals surface area contributed by atoms with Gasteiger partial charge in [-0.05, 0) is 30.2 Å². The molecule has 1 atom stereocenters. The van der Waals surface area contributed by atoms with Crippen LogP contribution in [0, 0.1) is 0 Å². The average Bonchev–Trinajstić information content (AvgIpc) is 2.52. The summed E-state index contributed by atoms with van der Waals surface area (Å²) in [4.78, 5) is 4.14. The quantitative estimate of drug-likeness (QED) is 0.343. The molecule has 0 aliphatic rings. The minimum absolute atomic E-state index is 0.00204. The Hall–Kier alpha value is -2.11. The van der Waals surface area contributed by atoms with Crippen molar-refractivity contribution in [3.05, 3.63) is 64.4 Å². The average molecular weight is 305 g/mol. The summed E-state index contributed by atoms with van der Waals surface area (Å²) in [6.45, 7) is 2.56. The van der Waals surface area contributed by atoms with E-state index in [1.54, 1.807) is 6.20 Å². The summed E-state index contributed by atoms with van der Waals surface area (Å²) in [6, 6.07) is 11.5. The molecule has 2 rings (SSSR count). The first-order chi connectivity index (χ1) is 10.1. The first-order valence-corrected chi connectivity index (χ1v) is 6.91. The summed E-state index contributed by atoms with van der Waals surface area (Å²) in [5.74, 6) is -0.00204. The van der Waals surface area contributed by atoms with Gasteiger partial charge in [0, 0.05) is 23.8 Å². The van der Waals surface area contributed by atoms with Crippen LogP contribution in [0.1, 0.15) is 29.8 Å². The Bertz CT molecular complexity index is 645. The summed E-state index contributed by atoms with van der Waals surface area (Å²) in [7, 11) is 0. The number of oxime groups is 1. The normalized spacial score (nSPS) is 13.1. The number of nitrogens with one attached hydrogen (secondary N) is 1. The van der Waals surface area contributed by atoms with Crippen LogP contribution in [0.2, 0.25) is 5.02 Å². The Morgan fingerprint density at radius 2 is 2.14 bits per heavy atom. The van der Waals surface area contributed by atoms with Gasteiger partial charge in [-0.3, -0.25) is 4.98 Å². The number of aromatic nitrogens is 1. The largest absolute Gasteiger partial charge is 0.409 e. The molecule has 1 heterocycles. The van der Waals surface area contributed by atoms with Gasteiger partial charge < -0.3 is 16.3 Å². The smallest absolute Gasteiger partial charge is 0.189 e. The molecule has 1 unspecified atom stereocenters. The van der Waals surface area contributed by atoms with Gasteiger partial charge in [-0.25, -0.2) is 0 Å². The summed E-state index contributed by atoms with van der Waals surface area (Å²) in [6.07, 6.45) is 1.61. The first-order valence-electron chi connectivity index (χ1n) is 6.53. The molecule has 0 amide bonds. The van der Waals surface area contributed by atoms with Gasteiger partial charge in [0.25, 0.3) is 0 Å². The van der Waals surface area contributed by atoms with Gasteiger partial charge in [0.05, 0.1) is 0 Å². The Balaban J connectivity index is 2.12. The molecule has 0 bridgehead atoms. The number of pyridine rings is 1. The van der Waals surface area contributed by atoms with Crippen molar-refractivity contribution >= 4 is 17.4 Å². The van der Waals surface area contributed by atoms with E-state index in [1.807, 2.05) is 43.3 Å². The van der Waals surface area contributed by atoms with Gasteiger partial charge in [0.15, 0.2) is 5.84 Å². The van der Waals surface area contributed by atoms with E-state index in [2.05, 4.69) is 15.5 Å². The lowest BCUT2D eigenvalue weighted by Gasteiger charge is -2.16. The molecule has 110 valence electrons. The highest BCUT2D eigenvalue weighted by atomic mass is 35.5. The molecular formula is C15H17ClN4O. The number of amidine groups is 1. The van der Waals surface area contributed by atoms with Gasteiger partial charge in [-0.15, -0.1) is 0 Å². The summed E-state index contributed by atoms with van der Waals surface area (Å²) < 4.78 is 0. The molecule has 0 spiro atoms. The minimum Gasteiger partial charge on any atom is -0.409 e. The third-order valence-corrected chi connectivity index (χ3v) is 3.56. The summed E-state index contributed by atoms with van der Waals surface area (Å²) in [5, 5.41) is 15.9. The van der Waals surface area contributed by atoms with Crippen molar-refractivity contribution in [1.82, 2.24) is 10.3 Å². The molecule has 0 fully saturated rings. The third kappa shape index (κ3) is 3.71. The molecule has 0 aliphatic carbocycles. The lowest BCUT2D eigenvalue weighted by molar-refractivity contribution is 0.318. The zero-order valence-corrected chi connectivity index (χ0v) is 12.4. The second-order valence-corrected chi connectivity index (χ2v) is 5.03.